The van der Waals surface area contributed by atoms with Crippen molar-refractivity contribution < 1.29 is 0 Å². The van der Waals surface area contributed by atoms with E-state index >= 15 is 0 Å². The molecule has 0 nitrogen and oxygen atoms in total. The standard InChI is InChI=1S/C20H26/c1-20(2,3)17-11-15-9-7-13-5-4-6-14-8-10-16(12-17)19(15)18(13)14/h4-5,12,14-15H,6-11H2,1-3H3. The minimum Gasteiger partial charge on any atom is -0.0836 e. The van der Waals surface area contributed by atoms with Gasteiger partial charge in [-0.05, 0) is 78.1 Å². The molecule has 2 atom stereocenters. The fourth-order valence-corrected chi connectivity index (χ4v) is 4.72. The van der Waals surface area contributed by atoms with Crippen LogP contribution in [-0.4, -0.2) is 0 Å². The van der Waals surface area contributed by atoms with Gasteiger partial charge in [0, 0.05) is 0 Å². The average Bonchev–Trinajstić information content (AvgIpc) is 2.43. The molecule has 0 fully saturated rings. The normalized spacial score (nSPS) is 32.2. The zero-order chi connectivity index (χ0) is 13.9. The van der Waals surface area contributed by atoms with Gasteiger partial charge in [-0.1, -0.05) is 44.6 Å². The van der Waals surface area contributed by atoms with Crippen LogP contribution in [0.5, 0.6) is 0 Å². The Hall–Kier alpha value is -1.04. The van der Waals surface area contributed by atoms with Gasteiger partial charge >= 0.3 is 0 Å². The summed E-state index contributed by atoms with van der Waals surface area (Å²) in [5.41, 5.74) is 8.99. The molecule has 0 aromatic rings. The molecule has 0 N–H and O–H groups in total. The lowest BCUT2D eigenvalue weighted by molar-refractivity contribution is 0.401. The van der Waals surface area contributed by atoms with Crippen molar-refractivity contribution in [1.82, 2.24) is 0 Å². The predicted molar refractivity (Wildman–Crippen MR) is 85.4 cm³/mol. The predicted octanol–water partition coefficient (Wildman–Crippen LogP) is 5.74. The summed E-state index contributed by atoms with van der Waals surface area (Å²) >= 11 is 0. The van der Waals surface area contributed by atoms with E-state index in [0.29, 0.717) is 5.41 Å². The molecule has 0 spiro atoms. The van der Waals surface area contributed by atoms with Gasteiger partial charge in [0.15, 0.2) is 0 Å². The quantitative estimate of drug-likeness (QED) is 0.525. The Morgan fingerprint density at radius 1 is 0.950 bits per heavy atom. The van der Waals surface area contributed by atoms with E-state index in [9.17, 15) is 0 Å². The Labute approximate surface area is 123 Å². The van der Waals surface area contributed by atoms with E-state index in [-0.39, 0.29) is 0 Å². The molecule has 4 rings (SSSR count). The Morgan fingerprint density at radius 3 is 2.45 bits per heavy atom. The van der Waals surface area contributed by atoms with Crippen LogP contribution < -0.4 is 0 Å². The van der Waals surface area contributed by atoms with Crippen LogP contribution in [0, 0.1) is 17.3 Å². The molecule has 0 radical (unpaired) electrons. The Kier molecular flexibility index (Phi) is 2.68. The van der Waals surface area contributed by atoms with Gasteiger partial charge in [0.2, 0.25) is 0 Å². The molecule has 0 bridgehead atoms. The number of hydrogen-bond acceptors (Lipinski definition) is 0. The summed E-state index contributed by atoms with van der Waals surface area (Å²) in [7, 11) is 0. The molecule has 0 aliphatic heterocycles. The van der Waals surface area contributed by atoms with Crippen molar-refractivity contribution >= 4 is 0 Å². The van der Waals surface area contributed by atoms with Crippen molar-refractivity contribution in [3.63, 3.8) is 0 Å². The molecule has 0 saturated heterocycles. The molecule has 2 unspecified atom stereocenters. The highest BCUT2D eigenvalue weighted by Crippen LogP contribution is 2.53. The summed E-state index contributed by atoms with van der Waals surface area (Å²) in [4.78, 5) is 0. The molecule has 0 saturated carbocycles. The van der Waals surface area contributed by atoms with Crippen molar-refractivity contribution in [3.05, 3.63) is 46.1 Å². The maximum absolute atomic E-state index is 2.58. The van der Waals surface area contributed by atoms with E-state index in [0.717, 1.165) is 11.8 Å². The van der Waals surface area contributed by atoms with Crippen LogP contribution in [0.4, 0.5) is 0 Å². The number of hydrogen-bond donors (Lipinski definition) is 0. The highest BCUT2D eigenvalue weighted by molar-refractivity contribution is 5.56. The Balaban J connectivity index is 1.87. The van der Waals surface area contributed by atoms with Gasteiger partial charge < -0.3 is 0 Å². The zero-order valence-corrected chi connectivity index (χ0v) is 13.1. The lowest BCUT2D eigenvalue weighted by atomic mass is 9.61. The van der Waals surface area contributed by atoms with Crippen LogP contribution in [-0.2, 0) is 0 Å². The van der Waals surface area contributed by atoms with Crippen molar-refractivity contribution in [1.29, 1.82) is 0 Å². The summed E-state index contributed by atoms with van der Waals surface area (Å²) in [6.07, 6.45) is 15.4. The summed E-state index contributed by atoms with van der Waals surface area (Å²) in [6.45, 7) is 7.15. The Morgan fingerprint density at radius 2 is 1.65 bits per heavy atom. The van der Waals surface area contributed by atoms with Gasteiger partial charge in [0.1, 0.15) is 0 Å². The first-order valence-corrected chi connectivity index (χ1v) is 8.38. The molecule has 0 aromatic carbocycles. The highest BCUT2D eigenvalue weighted by Gasteiger charge is 2.38. The molecular formula is C20H26. The molecule has 4 aliphatic carbocycles. The SMILES string of the molecule is CC(C)(C)C1=CC2=C3C4=C(C=CCC4CC2)CCC3C1. The van der Waals surface area contributed by atoms with Crippen molar-refractivity contribution in [2.45, 2.75) is 59.3 Å². The number of allylic oxidation sites excluding steroid dienone is 8. The molecule has 106 valence electrons. The van der Waals surface area contributed by atoms with E-state index in [1.165, 1.54) is 38.5 Å². The minimum absolute atomic E-state index is 0.344. The summed E-state index contributed by atoms with van der Waals surface area (Å²) in [6, 6.07) is 0. The van der Waals surface area contributed by atoms with E-state index in [1.807, 2.05) is 0 Å². The van der Waals surface area contributed by atoms with E-state index in [4.69, 9.17) is 0 Å². The lowest BCUT2D eigenvalue weighted by Crippen LogP contribution is -2.29. The first-order valence-electron chi connectivity index (χ1n) is 8.38. The monoisotopic (exact) mass is 266 g/mol. The summed E-state index contributed by atoms with van der Waals surface area (Å²) in [5, 5.41) is 0. The second-order valence-corrected chi connectivity index (χ2v) is 8.11. The maximum Gasteiger partial charge on any atom is -0.0116 e. The lowest BCUT2D eigenvalue weighted by Gasteiger charge is -2.44. The van der Waals surface area contributed by atoms with Crippen LogP contribution >= 0.6 is 0 Å². The van der Waals surface area contributed by atoms with Gasteiger partial charge in [-0.2, -0.15) is 0 Å². The van der Waals surface area contributed by atoms with Crippen molar-refractivity contribution in [2.75, 3.05) is 0 Å². The van der Waals surface area contributed by atoms with Gasteiger partial charge in [0.05, 0.1) is 0 Å². The zero-order valence-electron chi connectivity index (χ0n) is 13.1. The largest absolute Gasteiger partial charge is 0.0836 e. The molecule has 0 aromatic heterocycles. The fraction of sp³-hybridized carbons (Fsp3) is 0.600. The maximum atomic E-state index is 2.58. The van der Waals surface area contributed by atoms with E-state index in [1.54, 1.807) is 27.9 Å². The van der Waals surface area contributed by atoms with E-state index < -0.39 is 0 Å². The van der Waals surface area contributed by atoms with Gasteiger partial charge in [-0.25, -0.2) is 0 Å². The van der Waals surface area contributed by atoms with Crippen molar-refractivity contribution in [2.24, 2.45) is 17.3 Å². The van der Waals surface area contributed by atoms with E-state index in [2.05, 4.69) is 39.0 Å². The molecule has 0 heteroatoms. The van der Waals surface area contributed by atoms with Crippen LogP contribution in [0.2, 0.25) is 0 Å². The fourth-order valence-electron chi connectivity index (χ4n) is 4.72. The van der Waals surface area contributed by atoms with Crippen LogP contribution in [0.1, 0.15) is 59.3 Å². The topological polar surface area (TPSA) is 0 Å². The second kappa shape index (κ2) is 4.23. The van der Waals surface area contributed by atoms with Crippen LogP contribution in [0.15, 0.2) is 46.1 Å². The third kappa shape index (κ3) is 1.80. The minimum atomic E-state index is 0.344. The number of rotatable bonds is 0. The molecule has 0 heterocycles. The van der Waals surface area contributed by atoms with Gasteiger partial charge in [-0.15, -0.1) is 0 Å². The third-order valence-corrected chi connectivity index (χ3v) is 5.84. The van der Waals surface area contributed by atoms with Crippen LogP contribution in [0.3, 0.4) is 0 Å². The summed E-state index contributed by atoms with van der Waals surface area (Å²) < 4.78 is 0. The molecule has 0 amide bonds. The van der Waals surface area contributed by atoms with Gasteiger partial charge in [0.25, 0.3) is 0 Å². The van der Waals surface area contributed by atoms with Crippen LogP contribution in [0.25, 0.3) is 0 Å². The third-order valence-electron chi connectivity index (χ3n) is 5.84. The average molecular weight is 266 g/mol. The highest BCUT2D eigenvalue weighted by atomic mass is 14.4. The smallest absolute Gasteiger partial charge is 0.0116 e. The summed E-state index contributed by atoms with van der Waals surface area (Å²) in [5.74, 6) is 1.68. The van der Waals surface area contributed by atoms with Gasteiger partial charge in [-0.3, -0.25) is 0 Å². The molecule has 4 aliphatic rings. The Bertz CT molecular complexity index is 572. The first-order chi connectivity index (χ1) is 9.54. The second-order valence-electron chi connectivity index (χ2n) is 8.11. The first kappa shape index (κ1) is 12.7. The molecule has 20 heavy (non-hydrogen) atoms. The molecular weight excluding hydrogens is 240 g/mol. The van der Waals surface area contributed by atoms with Crippen molar-refractivity contribution in [3.8, 4) is 0 Å².